The summed E-state index contributed by atoms with van der Waals surface area (Å²) in [6.45, 7) is 3.69. The molecule has 0 aliphatic carbocycles. The molecule has 0 radical (unpaired) electrons. The minimum atomic E-state index is -0.218. The highest BCUT2D eigenvalue weighted by atomic mass is 79.9. The Morgan fingerprint density at radius 2 is 1.94 bits per heavy atom. The first-order valence-corrected chi connectivity index (χ1v) is 6.01. The third-order valence-corrected chi connectivity index (χ3v) is 2.91. The normalized spacial score (nSPS) is 10.4. The second-order valence-electron chi connectivity index (χ2n) is 3.91. The van der Waals surface area contributed by atoms with Gasteiger partial charge in [0.15, 0.2) is 0 Å². The summed E-state index contributed by atoms with van der Waals surface area (Å²) in [6, 6.07) is 7.01. The fourth-order valence-corrected chi connectivity index (χ4v) is 1.92. The number of nitrogens with one attached hydrogen (secondary N) is 1. The number of nitrogens with zero attached hydrogens (tertiary/aromatic N) is 1. The van der Waals surface area contributed by atoms with Crippen LogP contribution >= 0.6 is 15.9 Å². The number of hydrogen-bond acceptors (Lipinski definition) is 2. The van der Waals surface area contributed by atoms with Gasteiger partial charge in [-0.15, -0.1) is 0 Å². The predicted molar refractivity (Wildman–Crippen MR) is 71.1 cm³/mol. The topological polar surface area (TPSA) is 24.9 Å². The average Bonchev–Trinajstić information content (AvgIpc) is 2.27. The van der Waals surface area contributed by atoms with Gasteiger partial charge in [-0.25, -0.2) is 9.37 Å². The van der Waals surface area contributed by atoms with Gasteiger partial charge in [-0.3, -0.25) is 0 Å². The molecule has 2 aromatic rings. The van der Waals surface area contributed by atoms with Gasteiger partial charge in [-0.05, 0) is 59.1 Å². The highest BCUT2D eigenvalue weighted by molar-refractivity contribution is 9.10. The molecule has 17 heavy (non-hydrogen) atoms. The Kier molecular flexibility index (Phi) is 3.43. The smallest absolute Gasteiger partial charge is 0.133 e. The van der Waals surface area contributed by atoms with Crippen LogP contribution in [-0.2, 0) is 0 Å². The molecule has 0 amide bonds. The van der Waals surface area contributed by atoms with E-state index in [2.05, 4.69) is 26.2 Å². The zero-order valence-corrected chi connectivity index (χ0v) is 11.2. The lowest BCUT2D eigenvalue weighted by Crippen LogP contribution is -1.97. The standard InChI is InChI=1S/C13H12BrFN2/c1-8-3-4-11(6-12(8)15)17-13-9(2)5-10(14)7-16-13/h3-7H,1-2H3,(H,16,17). The van der Waals surface area contributed by atoms with Gasteiger partial charge in [0.1, 0.15) is 11.6 Å². The van der Waals surface area contributed by atoms with Crippen molar-refractivity contribution in [1.82, 2.24) is 4.98 Å². The second kappa shape index (κ2) is 4.84. The number of pyridine rings is 1. The Morgan fingerprint density at radius 3 is 2.59 bits per heavy atom. The Labute approximate surface area is 108 Å². The number of anilines is 2. The molecule has 1 heterocycles. The van der Waals surface area contributed by atoms with E-state index in [0.29, 0.717) is 11.3 Å². The summed E-state index contributed by atoms with van der Waals surface area (Å²) in [6.07, 6.45) is 1.71. The Morgan fingerprint density at radius 1 is 1.18 bits per heavy atom. The van der Waals surface area contributed by atoms with Crippen molar-refractivity contribution in [2.75, 3.05) is 5.32 Å². The monoisotopic (exact) mass is 294 g/mol. The van der Waals surface area contributed by atoms with Crippen molar-refractivity contribution in [3.05, 3.63) is 51.9 Å². The van der Waals surface area contributed by atoms with Gasteiger partial charge in [0.05, 0.1) is 0 Å². The van der Waals surface area contributed by atoms with Crippen LogP contribution in [0.2, 0.25) is 0 Å². The molecule has 2 nitrogen and oxygen atoms in total. The molecular formula is C13H12BrFN2. The number of halogens is 2. The number of hydrogen-bond donors (Lipinski definition) is 1. The SMILES string of the molecule is Cc1ccc(Nc2ncc(Br)cc2C)cc1F. The third kappa shape index (κ3) is 2.82. The van der Waals surface area contributed by atoms with Crippen molar-refractivity contribution in [2.24, 2.45) is 0 Å². The summed E-state index contributed by atoms with van der Waals surface area (Å²) in [5.41, 5.74) is 2.34. The van der Waals surface area contributed by atoms with Crippen molar-refractivity contribution >= 4 is 27.4 Å². The van der Waals surface area contributed by atoms with Crippen LogP contribution in [-0.4, -0.2) is 4.98 Å². The van der Waals surface area contributed by atoms with Gasteiger partial charge in [-0.2, -0.15) is 0 Å². The summed E-state index contributed by atoms with van der Waals surface area (Å²) in [7, 11) is 0. The van der Waals surface area contributed by atoms with Crippen molar-refractivity contribution in [2.45, 2.75) is 13.8 Å². The van der Waals surface area contributed by atoms with Crippen molar-refractivity contribution in [1.29, 1.82) is 0 Å². The molecule has 1 aromatic heterocycles. The minimum absolute atomic E-state index is 0.218. The van der Waals surface area contributed by atoms with Crippen LogP contribution in [0.3, 0.4) is 0 Å². The van der Waals surface area contributed by atoms with E-state index in [1.165, 1.54) is 6.07 Å². The molecule has 0 fully saturated rings. The fraction of sp³-hybridized carbons (Fsp3) is 0.154. The van der Waals surface area contributed by atoms with Crippen LogP contribution in [0, 0.1) is 19.7 Å². The van der Waals surface area contributed by atoms with Gasteiger partial charge in [-0.1, -0.05) is 6.07 Å². The van der Waals surface area contributed by atoms with Gasteiger partial charge < -0.3 is 5.32 Å². The summed E-state index contributed by atoms with van der Waals surface area (Å²) in [5.74, 6) is 0.515. The molecule has 2 rings (SSSR count). The first-order valence-electron chi connectivity index (χ1n) is 5.21. The summed E-state index contributed by atoms with van der Waals surface area (Å²) in [5, 5.41) is 3.10. The first kappa shape index (κ1) is 12.0. The van der Waals surface area contributed by atoms with Crippen molar-refractivity contribution in [3.63, 3.8) is 0 Å². The van der Waals surface area contributed by atoms with Crippen LogP contribution in [0.4, 0.5) is 15.9 Å². The fourth-order valence-electron chi connectivity index (χ4n) is 1.48. The molecule has 0 saturated heterocycles. The van der Waals surface area contributed by atoms with E-state index in [9.17, 15) is 4.39 Å². The molecule has 4 heteroatoms. The lowest BCUT2D eigenvalue weighted by Gasteiger charge is -2.09. The Bertz CT molecular complexity index is 555. The highest BCUT2D eigenvalue weighted by Crippen LogP contribution is 2.22. The van der Waals surface area contributed by atoms with Gasteiger partial charge in [0, 0.05) is 16.4 Å². The molecule has 0 saturated carbocycles. The summed E-state index contributed by atoms with van der Waals surface area (Å²) >= 11 is 3.35. The van der Waals surface area contributed by atoms with Gasteiger partial charge >= 0.3 is 0 Å². The molecule has 0 bridgehead atoms. The number of aromatic nitrogens is 1. The Balaban J connectivity index is 2.28. The quantitative estimate of drug-likeness (QED) is 0.891. The Hall–Kier alpha value is -1.42. The summed E-state index contributed by atoms with van der Waals surface area (Å²) in [4.78, 5) is 4.24. The van der Waals surface area contributed by atoms with E-state index in [1.54, 1.807) is 19.2 Å². The molecule has 1 aromatic carbocycles. The maximum Gasteiger partial charge on any atom is 0.133 e. The van der Waals surface area contributed by atoms with E-state index in [0.717, 1.165) is 15.9 Å². The molecular weight excluding hydrogens is 283 g/mol. The van der Waals surface area contributed by atoms with E-state index >= 15 is 0 Å². The molecule has 0 aliphatic heterocycles. The molecule has 0 spiro atoms. The lowest BCUT2D eigenvalue weighted by atomic mass is 10.2. The predicted octanol–water partition coefficient (Wildman–Crippen LogP) is 4.34. The lowest BCUT2D eigenvalue weighted by molar-refractivity contribution is 0.619. The van der Waals surface area contributed by atoms with E-state index in [1.807, 2.05) is 19.1 Å². The maximum atomic E-state index is 13.4. The number of aryl methyl sites for hydroxylation is 2. The average molecular weight is 295 g/mol. The van der Waals surface area contributed by atoms with E-state index in [-0.39, 0.29) is 5.82 Å². The van der Waals surface area contributed by atoms with E-state index < -0.39 is 0 Å². The van der Waals surface area contributed by atoms with E-state index in [4.69, 9.17) is 0 Å². The van der Waals surface area contributed by atoms with Crippen molar-refractivity contribution < 1.29 is 4.39 Å². The molecule has 0 unspecified atom stereocenters. The number of rotatable bonds is 2. The maximum absolute atomic E-state index is 13.4. The van der Waals surface area contributed by atoms with Gasteiger partial charge in [0.25, 0.3) is 0 Å². The van der Waals surface area contributed by atoms with Crippen LogP contribution in [0.1, 0.15) is 11.1 Å². The van der Waals surface area contributed by atoms with Crippen molar-refractivity contribution in [3.8, 4) is 0 Å². The molecule has 88 valence electrons. The first-order chi connectivity index (χ1) is 8.06. The molecule has 0 atom stereocenters. The zero-order chi connectivity index (χ0) is 12.4. The number of benzene rings is 1. The minimum Gasteiger partial charge on any atom is -0.340 e. The summed E-state index contributed by atoms with van der Waals surface area (Å²) < 4.78 is 14.3. The van der Waals surface area contributed by atoms with Crippen LogP contribution in [0.15, 0.2) is 34.9 Å². The van der Waals surface area contributed by atoms with Crippen LogP contribution < -0.4 is 5.32 Å². The molecule has 0 aliphatic rings. The zero-order valence-electron chi connectivity index (χ0n) is 9.59. The van der Waals surface area contributed by atoms with Crippen LogP contribution in [0.25, 0.3) is 0 Å². The molecule has 1 N–H and O–H groups in total. The highest BCUT2D eigenvalue weighted by Gasteiger charge is 2.03. The second-order valence-corrected chi connectivity index (χ2v) is 4.82. The van der Waals surface area contributed by atoms with Gasteiger partial charge in [0.2, 0.25) is 0 Å². The van der Waals surface area contributed by atoms with Crippen LogP contribution in [0.5, 0.6) is 0 Å². The third-order valence-electron chi connectivity index (χ3n) is 2.48. The largest absolute Gasteiger partial charge is 0.340 e.